The highest BCUT2D eigenvalue weighted by Crippen LogP contribution is 1.90. The van der Waals surface area contributed by atoms with E-state index in [1.807, 2.05) is 0 Å². The number of rotatable bonds is 4. The maximum atomic E-state index is 10.7. The monoisotopic (exact) mass is 156 g/mol. The molecule has 0 aliphatic carbocycles. The third-order valence-corrected chi connectivity index (χ3v) is 1.04. The van der Waals surface area contributed by atoms with Crippen LogP contribution in [-0.4, -0.2) is 27.4 Å². The highest BCUT2D eigenvalue weighted by molar-refractivity contribution is 6.61. The number of nitrogens with zero attached hydrogens (tertiary/aromatic N) is 2. The smallest absolute Gasteiger partial charge is 0.441 e. The maximum Gasteiger partial charge on any atom is 0.441 e. The molecule has 0 radical (unpaired) electrons. The lowest BCUT2D eigenvalue weighted by Gasteiger charge is -1.86. The molecule has 0 spiro atoms. The Morgan fingerprint density at radius 2 is 2.09 bits per heavy atom. The van der Waals surface area contributed by atoms with Crippen LogP contribution in [0.1, 0.15) is 19.8 Å². The van der Waals surface area contributed by atoms with Crippen molar-refractivity contribution in [1.82, 2.24) is 0 Å². The van der Waals surface area contributed by atoms with Gasteiger partial charge in [0.05, 0.1) is 0 Å². The molecule has 11 heavy (non-hydrogen) atoms. The lowest BCUT2D eigenvalue weighted by Crippen LogP contribution is -2.24. The second kappa shape index (κ2) is 4.35. The van der Waals surface area contributed by atoms with Gasteiger partial charge in [0.15, 0.2) is 0 Å². The summed E-state index contributed by atoms with van der Waals surface area (Å²) in [5, 5.41) is 8.26. The molecule has 0 amide bonds. The number of hydrogen-bond donors (Lipinski definition) is 1. The Balaban J connectivity index is 4.42. The topological polar surface area (TPSA) is 90.8 Å². The first-order valence-corrected chi connectivity index (χ1v) is 3.12. The Labute approximate surface area is 63.3 Å². The summed E-state index contributed by atoms with van der Waals surface area (Å²) in [5.41, 5.74) is 7.28. The van der Waals surface area contributed by atoms with Gasteiger partial charge in [0, 0.05) is 6.42 Å². The van der Waals surface area contributed by atoms with Crippen LogP contribution in [0.3, 0.4) is 0 Å². The predicted octanol–water partition coefficient (Wildman–Crippen LogP) is 0.111. The van der Waals surface area contributed by atoms with Crippen LogP contribution in [0.5, 0.6) is 0 Å². The van der Waals surface area contributed by atoms with E-state index in [0.717, 1.165) is 0 Å². The van der Waals surface area contributed by atoms with Crippen molar-refractivity contribution in [3.63, 3.8) is 0 Å². The van der Waals surface area contributed by atoms with Crippen molar-refractivity contribution >= 4 is 17.5 Å². The first-order valence-electron chi connectivity index (χ1n) is 3.12. The minimum atomic E-state index is -1.49. The zero-order valence-electron chi connectivity index (χ0n) is 6.07. The third-order valence-electron chi connectivity index (χ3n) is 1.04. The van der Waals surface area contributed by atoms with Crippen LogP contribution in [0.2, 0.25) is 0 Å². The molecule has 5 nitrogen and oxygen atoms in total. The van der Waals surface area contributed by atoms with E-state index < -0.39 is 17.5 Å². The first kappa shape index (κ1) is 9.52. The van der Waals surface area contributed by atoms with Gasteiger partial charge in [-0.1, -0.05) is 6.92 Å². The molecule has 0 rings (SSSR count). The Bertz CT molecular complexity index is 228. The molecule has 0 aromatic carbocycles. The van der Waals surface area contributed by atoms with Gasteiger partial charge in [-0.05, 0) is 6.42 Å². The van der Waals surface area contributed by atoms with E-state index in [-0.39, 0.29) is 6.42 Å². The van der Waals surface area contributed by atoms with Crippen LogP contribution < -0.4 is 0 Å². The van der Waals surface area contributed by atoms with Crippen molar-refractivity contribution < 1.29 is 19.5 Å². The van der Waals surface area contributed by atoms with Gasteiger partial charge in [-0.25, -0.2) is 4.79 Å². The Morgan fingerprint density at radius 1 is 1.55 bits per heavy atom. The zero-order valence-corrected chi connectivity index (χ0v) is 6.07. The average molecular weight is 156 g/mol. The van der Waals surface area contributed by atoms with Crippen molar-refractivity contribution in [2.24, 2.45) is 0 Å². The largest absolute Gasteiger partial charge is 0.472 e. The van der Waals surface area contributed by atoms with Gasteiger partial charge < -0.3 is 10.6 Å². The standard InChI is InChI=1S/C6H8N2O3/c1-2-3-4(9)5(8-7)6(10)11/h2-3H2,1H3,(H,10,11). The molecule has 60 valence electrons. The van der Waals surface area contributed by atoms with Crippen molar-refractivity contribution in [1.29, 1.82) is 0 Å². The maximum absolute atomic E-state index is 10.7. The molecule has 0 saturated carbocycles. The summed E-state index contributed by atoms with van der Waals surface area (Å²) >= 11 is 0. The second-order valence-electron chi connectivity index (χ2n) is 1.93. The SMILES string of the molecule is CCCC(=O)C(=[N+]=[N-])C(=O)O. The van der Waals surface area contributed by atoms with E-state index in [9.17, 15) is 9.59 Å². The number of hydrogen-bond acceptors (Lipinski definition) is 2. The fraction of sp³-hybridized carbons (Fsp3) is 0.500. The Kier molecular flexibility index (Phi) is 3.77. The number of carbonyl (C=O) groups excluding carboxylic acids is 1. The van der Waals surface area contributed by atoms with E-state index in [0.29, 0.717) is 6.42 Å². The zero-order chi connectivity index (χ0) is 8.85. The van der Waals surface area contributed by atoms with Crippen LogP contribution in [0, 0.1) is 0 Å². The normalized spacial score (nSPS) is 8.45. The molecular weight excluding hydrogens is 148 g/mol. The number of ketones is 1. The van der Waals surface area contributed by atoms with Gasteiger partial charge >= 0.3 is 11.7 Å². The number of aliphatic carboxylic acids is 1. The van der Waals surface area contributed by atoms with Crippen molar-refractivity contribution in [3.8, 4) is 0 Å². The molecule has 5 heteroatoms. The molecule has 0 aromatic rings. The summed E-state index contributed by atoms with van der Waals surface area (Å²) in [7, 11) is 0. The van der Waals surface area contributed by atoms with Gasteiger partial charge in [0.1, 0.15) is 0 Å². The fourth-order valence-corrected chi connectivity index (χ4v) is 0.563. The molecule has 0 heterocycles. The predicted molar refractivity (Wildman–Crippen MR) is 36.2 cm³/mol. The number of carboxylic acids is 1. The van der Waals surface area contributed by atoms with Crippen LogP contribution in [0.4, 0.5) is 0 Å². The van der Waals surface area contributed by atoms with Gasteiger partial charge in [-0.3, -0.25) is 4.79 Å². The van der Waals surface area contributed by atoms with Crippen LogP contribution in [0.25, 0.3) is 5.53 Å². The molecule has 0 aliphatic heterocycles. The lowest BCUT2D eigenvalue weighted by molar-refractivity contribution is -0.136. The summed E-state index contributed by atoms with van der Waals surface area (Å²) in [5.74, 6) is -2.14. The Morgan fingerprint density at radius 3 is 2.36 bits per heavy atom. The fourth-order valence-electron chi connectivity index (χ4n) is 0.563. The summed E-state index contributed by atoms with van der Waals surface area (Å²) < 4.78 is 0. The van der Waals surface area contributed by atoms with E-state index in [4.69, 9.17) is 10.6 Å². The van der Waals surface area contributed by atoms with Gasteiger partial charge in [0.2, 0.25) is 0 Å². The number of carboxylic acid groups (broad SMARTS) is 1. The van der Waals surface area contributed by atoms with E-state index in [1.54, 1.807) is 6.92 Å². The van der Waals surface area contributed by atoms with Gasteiger partial charge in [-0.2, -0.15) is 4.79 Å². The van der Waals surface area contributed by atoms with Gasteiger partial charge in [0.25, 0.3) is 5.78 Å². The molecule has 0 fully saturated rings. The van der Waals surface area contributed by atoms with Crippen molar-refractivity contribution in [3.05, 3.63) is 5.53 Å². The van der Waals surface area contributed by atoms with Crippen molar-refractivity contribution in [2.75, 3.05) is 0 Å². The van der Waals surface area contributed by atoms with E-state index in [1.165, 1.54) is 0 Å². The van der Waals surface area contributed by atoms with Crippen LogP contribution in [0.15, 0.2) is 0 Å². The Hall–Kier alpha value is -1.48. The molecular formula is C6H8N2O3. The highest BCUT2D eigenvalue weighted by Gasteiger charge is 2.27. The number of carbonyl (C=O) groups is 2. The minimum Gasteiger partial charge on any atom is -0.472 e. The van der Waals surface area contributed by atoms with E-state index in [2.05, 4.69) is 4.79 Å². The molecule has 0 saturated heterocycles. The third kappa shape index (κ3) is 2.73. The van der Waals surface area contributed by atoms with Crippen molar-refractivity contribution in [2.45, 2.75) is 19.8 Å². The molecule has 0 aliphatic rings. The molecule has 0 bridgehead atoms. The number of Topliss-reactive ketones (excluding diaryl/α,β-unsaturated/α-hetero) is 1. The molecule has 0 unspecified atom stereocenters. The second-order valence-corrected chi connectivity index (χ2v) is 1.93. The highest BCUT2D eigenvalue weighted by atomic mass is 16.4. The summed E-state index contributed by atoms with van der Waals surface area (Å²) in [4.78, 5) is 23.3. The lowest BCUT2D eigenvalue weighted by atomic mass is 10.1. The van der Waals surface area contributed by atoms with Gasteiger partial charge in [-0.15, -0.1) is 0 Å². The first-order chi connectivity index (χ1) is 5.13. The molecule has 1 N–H and O–H groups in total. The van der Waals surface area contributed by atoms with Crippen LogP contribution >= 0.6 is 0 Å². The average Bonchev–Trinajstić information content (AvgIpc) is 1.88. The molecule has 0 aromatic heterocycles. The summed E-state index contributed by atoms with van der Waals surface area (Å²) in [6.07, 6.45) is 0.622. The van der Waals surface area contributed by atoms with Crippen LogP contribution in [-0.2, 0) is 9.59 Å². The quantitative estimate of drug-likeness (QED) is 0.271. The summed E-state index contributed by atoms with van der Waals surface area (Å²) in [6, 6.07) is 0. The molecule has 0 atom stereocenters. The van der Waals surface area contributed by atoms with E-state index >= 15 is 0 Å². The minimum absolute atomic E-state index is 0.0890. The summed E-state index contributed by atoms with van der Waals surface area (Å²) in [6.45, 7) is 1.73.